The zero-order chi connectivity index (χ0) is 20.8. The van der Waals surface area contributed by atoms with Gasteiger partial charge in [0.05, 0.1) is 16.4 Å². The lowest BCUT2D eigenvalue weighted by molar-refractivity contribution is -0.00778. The molecule has 2 aromatic heterocycles. The van der Waals surface area contributed by atoms with Gasteiger partial charge in [-0.2, -0.15) is 4.98 Å². The average Bonchev–Trinajstić information content (AvgIpc) is 3.04. The van der Waals surface area contributed by atoms with Gasteiger partial charge in [-0.05, 0) is 59.7 Å². The van der Waals surface area contributed by atoms with Gasteiger partial charge in [-0.25, -0.2) is 14.4 Å². The van der Waals surface area contributed by atoms with Gasteiger partial charge in [0.1, 0.15) is 0 Å². The van der Waals surface area contributed by atoms with Crippen LogP contribution in [0.25, 0.3) is 10.2 Å². The molecular weight excluding hydrogens is 387 g/mol. The van der Waals surface area contributed by atoms with Crippen LogP contribution in [0.15, 0.2) is 30.5 Å². The van der Waals surface area contributed by atoms with Gasteiger partial charge in [0, 0.05) is 17.1 Å². The van der Waals surface area contributed by atoms with E-state index in [-0.39, 0.29) is 22.9 Å². The van der Waals surface area contributed by atoms with E-state index in [0.29, 0.717) is 11.1 Å². The van der Waals surface area contributed by atoms with E-state index in [2.05, 4.69) is 65.2 Å². The monoisotopic (exact) mass is 414 g/mol. The summed E-state index contributed by atoms with van der Waals surface area (Å²) in [4.78, 5) is 15.4. The van der Waals surface area contributed by atoms with Crippen LogP contribution in [0, 0.1) is 5.82 Å². The van der Waals surface area contributed by atoms with Crippen LogP contribution in [0.4, 0.5) is 21.3 Å². The molecule has 1 saturated heterocycles. The third-order valence-corrected chi connectivity index (χ3v) is 6.86. The largest absolute Gasteiger partial charge is 0.365 e. The number of para-hydroxylation sites is 1. The second-order valence-electron chi connectivity index (χ2n) is 8.94. The lowest BCUT2D eigenvalue weighted by Crippen LogP contribution is -2.61. The first-order chi connectivity index (χ1) is 13.6. The van der Waals surface area contributed by atoms with Crippen LogP contribution in [-0.2, 0) is 0 Å². The highest BCUT2D eigenvalue weighted by atomic mass is 32.1. The van der Waals surface area contributed by atoms with E-state index < -0.39 is 5.82 Å². The molecule has 1 aromatic carbocycles. The molecule has 2 N–H and O–H groups in total. The van der Waals surface area contributed by atoms with Gasteiger partial charge in [0.15, 0.2) is 16.8 Å². The molecule has 3 heterocycles. The number of anilines is 3. The van der Waals surface area contributed by atoms with Gasteiger partial charge in [-0.1, -0.05) is 23.5 Å². The summed E-state index contributed by atoms with van der Waals surface area (Å²) in [6.45, 7) is 8.89. The molecule has 4 rings (SSSR count). The zero-order valence-electron chi connectivity index (χ0n) is 17.5. The number of aromatic nitrogens is 3. The number of halogens is 1. The number of thiazole rings is 1. The summed E-state index contributed by atoms with van der Waals surface area (Å²) in [7, 11) is 2.15. The minimum Gasteiger partial charge on any atom is -0.365 e. The zero-order valence-corrected chi connectivity index (χ0v) is 18.3. The average molecular weight is 415 g/mol. The van der Waals surface area contributed by atoms with E-state index in [1.54, 1.807) is 0 Å². The third-order valence-electron chi connectivity index (χ3n) is 5.91. The van der Waals surface area contributed by atoms with Gasteiger partial charge in [0.2, 0.25) is 5.95 Å². The Morgan fingerprint density at radius 2 is 1.79 bits per heavy atom. The minimum atomic E-state index is -0.450. The maximum absolute atomic E-state index is 14.5. The third kappa shape index (κ3) is 4.04. The van der Waals surface area contributed by atoms with Crippen LogP contribution in [-0.4, -0.2) is 44.0 Å². The van der Waals surface area contributed by atoms with Crippen molar-refractivity contribution in [3.8, 4) is 0 Å². The van der Waals surface area contributed by atoms with Crippen LogP contribution in [0.5, 0.6) is 0 Å². The van der Waals surface area contributed by atoms with Crippen LogP contribution in [0.2, 0.25) is 0 Å². The molecule has 8 heteroatoms. The van der Waals surface area contributed by atoms with Gasteiger partial charge in [0.25, 0.3) is 0 Å². The van der Waals surface area contributed by atoms with E-state index in [0.717, 1.165) is 23.1 Å². The molecule has 0 unspecified atom stereocenters. The Morgan fingerprint density at radius 1 is 1.10 bits per heavy atom. The predicted molar refractivity (Wildman–Crippen MR) is 117 cm³/mol. The number of piperidine rings is 1. The predicted octanol–water partition coefficient (Wildman–Crippen LogP) is 5.03. The summed E-state index contributed by atoms with van der Waals surface area (Å²) in [6.07, 6.45) is 3.00. The van der Waals surface area contributed by atoms with Crippen LogP contribution < -0.4 is 10.6 Å². The molecule has 6 nitrogen and oxygen atoms in total. The Bertz CT molecular complexity index is 980. The Morgan fingerprint density at radius 3 is 2.48 bits per heavy atom. The van der Waals surface area contributed by atoms with Crippen molar-refractivity contribution >= 4 is 38.5 Å². The Labute approximate surface area is 174 Å². The summed E-state index contributed by atoms with van der Waals surface area (Å²) >= 11 is 1.52. The number of benzene rings is 1. The van der Waals surface area contributed by atoms with Crippen molar-refractivity contribution in [1.29, 1.82) is 0 Å². The normalized spacial score (nSPS) is 19.4. The second-order valence-corrected chi connectivity index (χ2v) is 9.97. The molecule has 1 aliphatic heterocycles. The fourth-order valence-electron chi connectivity index (χ4n) is 4.22. The Balaban J connectivity index is 1.54. The van der Waals surface area contributed by atoms with Gasteiger partial charge >= 0.3 is 0 Å². The van der Waals surface area contributed by atoms with E-state index in [1.165, 1.54) is 17.5 Å². The molecule has 154 valence electrons. The molecule has 0 atom stereocenters. The van der Waals surface area contributed by atoms with Crippen molar-refractivity contribution in [2.45, 2.75) is 57.7 Å². The van der Waals surface area contributed by atoms with Crippen molar-refractivity contribution in [2.24, 2.45) is 0 Å². The van der Waals surface area contributed by atoms with E-state index >= 15 is 0 Å². The van der Waals surface area contributed by atoms with E-state index in [4.69, 9.17) is 0 Å². The van der Waals surface area contributed by atoms with Crippen molar-refractivity contribution < 1.29 is 4.39 Å². The van der Waals surface area contributed by atoms with Crippen LogP contribution in [0.3, 0.4) is 0 Å². The fraction of sp³-hybridized carbons (Fsp3) is 0.476. The first kappa shape index (κ1) is 20.0. The lowest BCUT2D eigenvalue weighted by Gasteiger charge is -2.53. The summed E-state index contributed by atoms with van der Waals surface area (Å²) in [6, 6.07) is 8.02. The highest BCUT2D eigenvalue weighted by Gasteiger charge is 2.43. The smallest absolute Gasteiger partial charge is 0.231 e. The Hall–Kier alpha value is -2.32. The first-order valence-electron chi connectivity index (χ1n) is 9.80. The summed E-state index contributed by atoms with van der Waals surface area (Å²) in [5.74, 6) is 0.110. The second kappa shape index (κ2) is 7.18. The SMILES string of the molecule is CN1C(C)(C)CC(Nc2nc(Nc3nc4ccccc4s3)ncc2F)CC1(C)C. The molecular formula is C21H27FN6S. The summed E-state index contributed by atoms with van der Waals surface area (Å²) in [5.41, 5.74) is 0.923. The molecule has 0 aliphatic carbocycles. The quantitative estimate of drug-likeness (QED) is 0.624. The number of fused-ring (bicyclic) bond motifs is 1. The molecule has 0 saturated carbocycles. The molecule has 1 aliphatic rings. The maximum atomic E-state index is 14.5. The number of nitrogens with one attached hydrogen (secondary N) is 2. The first-order valence-corrected chi connectivity index (χ1v) is 10.6. The topological polar surface area (TPSA) is 66.0 Å². The van der Waals surface area contributed by atoms with Gasteiger partial charge in [-0.3, -0.25) is 10.2 Å². The molecule has 0 bridgehead atoms. The number of hydrogen-bond donors (Lipinski definition) is 2. The van der Waals surface area contributed by atoms with Crippen LogP contribution in [0.1, 0.15) is 40.5 Å². The highest BCUT2D eigenvalue weighted by Crippen LogP contribution is 2.38. The van der Waals surface area contributed by atoms with E-state index in [1.807, 2.05) is 24.3 Å². The standard InChI is InChI=1S/C21H27FN6S/c1-20(2)10-13(11-21(3,4)28(20)5)24-17-14(22)12-23-18(26-17)27-19-25-15-8-6-7-9-16(15)29-19/h6-9,12-13H,10-11H2,1-5H3,(H2,23,24,25,26,27). The fourth-order valence-corrected chi connectivity index (χ4v) is 5.08. The lowest BCUT2D eigenvalue weighted by atomic mass is 9.77. The molecule has 0 spiro atoms. The van der Waals surface area contributed by atoms with Crippen molar-refractivity contribution in [2.75, 3.05) is 17.7 Å². The molecule has 0 amide bonds. The van der Waals surface area contributed by atoms with Gasteiger partial charge in [-0.15, -0.1) is 0 Å². The number of likely N-dealkylation sites (tertiary alicyclic amines) is 1. The highest BCUT2D eigenvalue weighted by molar-refractivity contribution is 7.22. The molecule has 29 heavy (non-hydrogen) atoms. The number of rotatable bonds is 4. The molecule has 0 radical (unpaired) electrons. The summed E-state index contributed by atoms with van der Waals surface area (Å²) in [5, 5.41) is 7.12. The van der Waals surface area contributed by atoms with Crippen molar-refractivity contribution in [3.63, 3.8) is 0 Å². The number of hydrogen-bond acceptors (Lipinski definition) is 7. The van der Waals surface area contributed by atoms with E-state index in [9.17, 15) is 4.39 Å². The van der Waals surface area contributed by atoms with Crippen molar-refractivity contribution in [1.82, 2.24) is 19.9 Å². The number of nitrogens with zero attached hydrogens (tertiary/aromatic N) is 4. The van der Waals surface area contributed by atoms with Gasteiger partial charge < -0.3 is 5.32 Å². The molecule has 1 fully saturated rings. The maximum Gasteiger partial charge on any atom is 0.231 e. The molecule has 3 aromatic rings. The van der Waals surface area contributed by atoms with Crippen molar-refractivity contribution in [3.05, 3.63) is 36.3 Å². The van der Waals surface area contributed by atoms with Crippen LogP contribution >= 0.6 is 11.3 Å². The summed E-state index contributed by atoms with van der Waals surface area (Å²) < 4.78 is 15.5. The Kier molecular flexibility index (Phi) is 4.94. The minimum absolute atomic E-state index is 0.00496.